The lowest BCUT2D eigenvalue weighted by molar-refractivity contribution is -0.145. The van der Waals surface area contributed by atoms with Crippen molar-refractivity contribution < 1.29 is 19.1 Å². The van der Waals surface area contributed by atoms with Crippen LogP contribution in [-0.4, -0.2) is 65.6 Å². The molecule has 0 N–H and O–H groups in total. The van der Waals surface area contributed by atoms with E-state index < -0.39 is 0 Å². The number of piperidine rings is 1. The molecule has 0 bridgehead atoms. The van der Waals surface area contributed by atoms with Gasteiger partial charge in [0, 0.05) is 44.0 Å². The monoisotopic (exact) mass is 489 g/mol. The summed E-state index contributed by atoms with van der Waals surface area (Å²) >= 11 is 0. The van der Waals surface area contributed by atoms with E-state index in [4.69, 9.17) is 9.47 Å². The number of carbonyl (C=O) groups excluding carboxylic acids is 2. The van der Waals surface area contributed by atoms with E-state index in [0.717, 1.165) is 69.4 Å². The first-order valence-corrected chi connectivity index (χ1v) is 13.4. The van der Waals surface area contributed by atoms with Gasteiger partial charge >= 0.3 is 0 Å². The van der Waals surface area contributed by atoms with Crippen LogP contribution in [0.3, 0.4) is 0 Å². The van der Waals surface area contributed by atoms with Crippen LogP contribution in [0, 0.1) is 12.3 Å². The molecule has 2 saturated heterocycles. The van der Waals surface area contributed by atoms with Crippen molar-refractivity contribution in [3.05, 3.63) is 58.9 Å². The molecule has 190 valence electrons. The smallest absolute Gasteiger partial charge is 0.298 e. The predicted molar refractivity (Wildman–Crippen MR) is 135 cm³/mol. The zero-order chi connectivity index (χ0) is 24.7. The lowest BCUT2D eigenvalue weighted by Gasteiger charge is -2.38. The average molecular weight is 490 g/mol. The Labute approximate surface area is 212 Å². The molecule has 2 aromatic rings. The number of fused-ring (bicyclic) bond motifs is 2. The maximum absolute atomic E-state index is 14.0. The van der Waals surface area contributed by atoms with Gasteiger partial charge in [-0.3, -0.25) is 14.6 Å². The Morgan fingerprint density at radius 1 is 1.22 bits per heavy atom. The van der Waals surface area contributed by atoms with Crippen LogP contribution >= 0.6 is 0 Å². The molecule has 4 aliphatic rings. The maximum atomic E-state index is 14.0. The average Bonchev–Trinajstić information content (AvgIpc) is 3.47. The van der Waals surface area contributed by atoms with Crippen LogP contribution in [0.5, 0.6) is 5.75 Å². The molecular weight excluding hydrogens is 454 g/mol. The number of hydrogen-bond acceptors (Lipinski definition) is 6. The van der Waals surface area contributed by atoms with Crippen molar-refractivity contribution in [1.82, 2.24) is 14.8 Å². The van der Waals surface area contributed by atoms with Crippen molar-refractivity contribution in [2.75, 3.05) is 26.2 Å². The third-order valence-corrected chi connectivity index (χ3v) is 9.02. The van der Waals surface area contributed by atoms with Crippen molar-refractivity contribution in [3.8, 4) is 5.75 Å². The Kier molecular flexibility index (Phi) is 6.30. The van der Waals surface area contributed by atoms with Gasteiger partial charge in [-0.25, -0.2) is 0 Å². The summed E-state index contributed by atoms with van der Waals surface area (Å²) in [7, 11) is 0. The third-order valence-electron chi connectivity index (χ3n) is 9.02. The van der Waals surface area contributed by atoms with Crippen LogP contribution in [-0.2, 0) is 27.3 Å². The number of rotatable bonds is 5. The fourth-order valence-electron chi connectivity index (χ4n) is 7.12. The number of likely N-dealkylation sites (tertiary alicyclic amines) is 1. The van der Waals surface area contributed by atoms with E-state index >= 15 is 0 Å². The predicted octanol–water partition coefficient (Wildman–Crippen LogP) is 3.63. The normalized spacial score (nSPS) is 28.5. The minimum absolute atomic E-state index is 0.0296. The van der Waals surface area contributed by atoms with Gasteiger partial charge in [0.05, 0.1) is 11.5 Å². The summed E-state index contributed by atoms with van der Waals surface area (Å²) in [5.74, 6) is 1.37. The lowest BCUT2D eigenvalue weighted by atomic mass is 9.80. The Hall–Kier alpha value is -2.77. The first-order valence-electron chi connectivity index (χ1n) is 13.4. The van der Waals surface area contributed by atoms with Gasteiger partial charge < -0.3 is 19.3 Å². The summed E-state index contributed by atoms with van der Waals surface area (Å²) in [6.07, 6.45) is 7.62. The van der Waals surface area contributed by atoms with Crippen molar-refractivity contribution in [1.29, 1.82) is 0 Å². The molecule has 1 amide bonds. The molecule has 7 nitrogen and oxygen atoms in total. The van der Waals surface area contributed by atoms with E-state index in [1.165, 1.54) is 11.1 Å². The van der Waals surface area contributed by atoms with E-state index in [2.05, 4.69) is 33.8 Å². The van der Waals surface area contributed by atoms with Crippen molar-refractivity contribution in [2.45, 2.75) is 70.1 Å². The molecule has 3 atom stereocenters. The molecule has 6 rings (SSSR count). The van der Waals surface area contributed by atoms with Crippen LogP contribution in [0.1, 0.15) is 60.4 Å². The van der Waals surface area contributed by atoms with Crippen LogP contribution in [0.4, 0.5) is 0 Å². The van der Waals surface area contributed by atoms with Crippen LogP contribution in [0.2, 0.25) is 0 Å². The maximum Gasteiger partial charge on any atom is 0.298 e. The van der Waals surface area contributed by atoms with Gasteiger partial charge in [-0.1, -0.05) is 18.2 Å². The SMILES string of the molecule is Cc1cnc2c(c1)CN(C(=O)[C@@]13CCO[C@@H]1C[C@@H](N1CCC(c4cccc(OC=O)c4)CC1)C3)CC2. The number of aromatic nitrogens is 1. The Balaban J connectivity index is 1.12. The minimum atomic E-state index is -0.378. The Morgan fingerprint density at radius 2 is 2.08 bits per heavy atom. The molecule has 0 unspecified atom stereocenters. The van der Waals surface area contributed by atoms with Gasteiger partial charge in [0.1, 0.15) is 5.75 Å². The fourth-order valence-corrected chi connectivity index (χ4v) is 7.12. The van der Waals surface area contributed by atoms with E-state index in [-0.39, 0.29) is 11.5 Å². The highest BCUT2D eigenvalue weighted by atomic mass is 16.5. The zero-order valence-corrected chi connectivity index (χ0v) is 21.0. The van der Waals surface area contributed by atoms with Gasteiger partial charge in [-0.2, -0.15) is 0 Å². The number of pyridine rings is 1. The zero-order valence-electron chi connectivity index (χ0n) is 21.0. The number of amides is 1. The van der Waals surface area contributed by atoms with E-state index in [1.807, 2.05) is 24.4 Å². The highest BCUT2D eigenvalue weighted by molar-refractivity contribution is 5.84. The number of nitrogens with zero attached hydrogens (tertiary/aromatic N) is 3. The first-order chi connectivity index (χ1) is 17.6. The van der Waals surface area contributed by atoms with Gasteiger partial charge in [0.15, 0.2) is 0 Å². The highest BCUT2D eigenvalue weighted by Gasteiger charge is 2.58. The molecule has 3 aliphatic heterocycles. The van der Waals surface area contributed by atoms with Gasteiger partial charge in [-0.05, 0) is 86.9 Å². The van der Waals surface area contributed by atoms with E-state index in [1.54, 1.807) is 0 Å². The van der Waals surface area contributed by atoms with Crippen LogP contribution in [0.25, 0.3) is 0 Å². The number of carbonyl (C=O) groups is 2. The Bertz CT molecular complexity index is 1150. The molecule has 1 saturated carbocycles. The number of aryl methyl sites for hydroxylation is 1. The molecule has 7 heteroatoms. The molecule has 1 aromatic carbocycles. The molecule has 0 spiro atoms. The van der Waals surface area contributed by atoms with Gasteiger partial charge in [-0.15, -0.1) is 0 Å². The second-order valence-corrected chi connectivity index (χ2v) is 11.1. The molecule has 4 heterocycles. The summed E-state index contributed by atoms with van der Waals surface area (Å²) in [5, 5.41) is 0. The largest absolute Gasteiger partial charge is 0.429 e. The quantitative estimate of drug-likeness (QED) is 0.598. The molecule has 36 heavy (non-hydrogen) atoms. The minimum Gasteiger partial charge on any atom is -0.429 e. The second-order valence-electron chi connectivity index (χ2n) is 11.1. The van der Waals surface area contributed by atoms with Crippen molar-refractivity contribution >= 4 is 12.4 Å². The highest BCUT2D eigenvalue weighted by Crippen LogP contribution is 2.51. The molecule has 0 radical (unpaired) electrons. The van der Waals surface area contributed by atoms with Gasteiger partial charge in [0.2, 0.25) is 5.91 Å². The topological polar surface area (TPSA) is 72.0 Å². The van der Waals surface area contributed by atoms with E-state index in [0.29, 0.717) is 43.2 Å². The standard InChI is InChI=1S/C29H35N3O4/c1-20-13-23-18-32(11-7-26(23)30-17-20)28(34)29-8-12-35-27(29)15-24(16-29)31-9-5-21(6-10-31)22-3-2-4-25(14-22)36-19-33/h2-4,13-14,17,19,21,24,27H,5-12,15-16,18H2,1H3/t24-,27-,29-/m1/s1. The summed E-state index contributed by atoms with van der Waals surface area (Å²) in [5.41, 5.74) is 4.34. The summed E-state index contributed by atoms with van der Waals surface area (Å²) < 4.78 is 11.2. The van der Waals surface area contributed by atoms with Crippen molar-refractivity contribution in [2.24, 2.45) is 5.41 Å². The number of ether oxygens (including phenoxy) is 2. The van der Waals surface area contributed by atoms with Crippen LogP contribution < -0.4 is 4.74 Å². The number of benzene rings is 1. The Morgan fingerprint density at radius 3 is 2.92 bits per heavy atom. The van der Waals surface area contributed by atoms with E-state index in [9.17, 15) is 9.59 Å². The van der Waals surface area contributed by atoms with Gasteiger partial charge in [0.25, 0.3) is 6.47 Å². The third kappa shape index (κ3) is 4.22. The lowest BCUT2D eigenvalue weighted by Crippen LogP contribution is -2.48. The fraction of sp³-hybridized carbons (Fsp3) is 0.552. The summed E-state index contributed by atoms with van der Waals surface area (Å²) in [6.45, 7) is 6.70. The second kappa shape index (κ2) is 9.60. The molecular formula is C29H35N3O4. The summed E-state index contributed by atoms with van der Waals surface area (Å²) in [6, 6.07) is 10.5. The van der Waals surface area contributed by atoms with Crippen LogP contribution in [0.15, 0.2) is 36.5 Å². The summed E-state index contributed by atoms with van der Waals surface area (Å²) in [4.78, 5) is 34.0. The number of hydrogen-bond donors (Lipinski definition) is 0. The molecule has 1 aliphatic carbocycles. The van der Waals surface area contributed by atoms with Crippen molar-refractivity contribution in [3.63, 3.8) is 0 Å². The molecule has 3 fully saturated rings. The molecule has 1 aromatic heterocycles. The first kappa shape index (κ1) is 23.6.